The van der Waals surface area contributed by atoms with Gasteiger partial charge in [0.15, 0.2) is 5.78 Å². The quantitative estimate of drug-likeness (QED) is 0.515. The molecule has 6 nitrogen and oxygen atoms in total. The van der Waals surface area contributed by atoms with E-state index in [1.54, 1.807) is 11.9 Å². The first-order valence-electron chi connectivity index (χ1n) is 12.9. The van der Waals surface area contributed by atoms with Gasteiger partial charge in [-0.05, 0) is 69.4 Å². The van der Waals surface area contributed by atoms with E-state index >= 15 is 0 Å². The highest BCUT2D eigenvalue weighted by molar-refractivity contribution is 6.10. The second-order valence-corrected chi connectivity index (χ2v) is 10.7. The molecule has 3 fully saturated rings. The van der Waals surface area contributed by atoms with Crippen LogP contribution in [0.15, 0.2) is 11.6 Å². The van der Waals surface area contributed by atoms with Gasteiger partial charge in [0, 0.05) is 19.5 Å². The van der Waals surface area contributed by atoms with Crippen LogP contribution in [0.3, 0.4) is 0 Å². The third-order valence-electron chi connectivity index (χ3n) is 8.96. The highest BCUT2D eigenvalue weighted by Crippen LogP contribution is 2.45. The van der Waals surface area contributed by atoms with E-state index in [-0.39, 0.29) is 35.6 Å². The molecule has 2 heterocycles. The second-order valence-electron chi connectivity index (χ2n) is 10.7. The van der Waals surface area contributed by atoms with Crippen molar-refractivity contribution in [1.29, 1.82) is 0 Å². The Hall–Kier alpha value is -1.69. The van der Waals surface area contributed by atoms with E-state index < -0.39 is 5.54 Å². The van der Waals surface area contributed by atoms with Gasteiger partial charge in [0.2, 0.25) is 0 Å². The molecule has 2 unspecified atom stereocenters. The van der Waals surface area contributed by atoms with Crippen molar-refractivity contribution in [3.8, 4) is 0 Å². The SMILES string of the molecule is CN1C(=O)N(CC(=O)C2CNCCC23CCCCCCCC3)C(=O)C1(C)C1=CCCCC1. The minimum Gasteiger partial charge on any atom is -0.316 e. The van der Waals surface area contributed by atoms with Crippen LogP contribution < -0.4 is 5.32 Å². The third-order valence-corrected chi connectivity index (χ3v) is 8.96. The molecule has 0 aromatic rings. The number of Topliss-reactive ketones (excluding diaryl/α,β-unsaturated/α-hetero) is 1. The number of rotatable bonds is 4. The van der Waals surface area contributed by atoms with E-state index in [1.807, 2.05) is 6.92 Å². The fourth-order valence-corrected chi connectivity index (χ4v) is 6.72. The number of urea groups is 1. The average Bonchev–Trinajstić information content (AvgIpc) is 3.05. The lowest BCUT2D eigenvalue weighted by molar-refractivity contribution is -0.137. The van der Waals surface area contributed by atoms with Crippen LogP contribution in [0.25, 0.3) is 0 Å². The summed E-state index contributed by atoms with van der Waals surface area (Å²) in [6.07, 6.45) is 16.8. The lowest BCUT2D eigenvalue weighted by Crippen LogP contribution is -2.52. The molecule has 178 valence electrons. The van der Waals surface area contributed by atoms with Gasteiger partial charge in [-0.3, -0.25) is 14.5 Å². The van der Waals surface area contributed by atoms with Gasteiger partial charge in [0.1, 0.15) is 5.54 Å². The Morgan fingerprint density at radius 1 is 1.03 bits per heavy atom. The van der Waals surface area contributed by atoms with Gasteiger partial charge < -0.3 is 10.2 Å². The molecular formula is C26H41N3O3. The van der Waals surface area contributed by atoms with Crippen LogP contribution in [-0.4, -0.2) is 59.7 Å². The number of amides is 3. The van der Waals surface area contributed by atoms with E-state index in [4.69, 9.17) is 0 Å². The minimum atomic E-state index is -0.946. The maximum Gasteiger partial charge on any atom is 0.328 e. The van der Waals surface area contributed by atoms with Crippen molar-refractivity contribution >= 4 is 17.7 Å². The molecule has 2 atom stereocenters. The fraction of sp³-hybridized carbons (Fsp3) is 0.808. The topological polar surface area (TPSA) is 69.7 Å². The standard InChI is InChI=1S/C26H41N3O3/c1-25(20-12-8-7-9-13-20)23(31)29(24(32)28(25)2)19-22(30)21-18-27-17-16-26(21)14-10-5-3-4-6-11-15-26/h12,21,27H,3-11,13-19H2,1-2H3. The zero-order chi connectivity index (χ0) is 22.8. The normalized spacial score (nSPS) is 31.8. The third kappa shape index (κ3) is 4.15. The summed E-state index contributed by atoms with van der Waals surface area (Å²) in [7, 11) is 1.71. The van der Waals surface area contributed by atoms with Gasteiger partial charge in [0.05, 0.1) is 6.54 Å². The Balaban J connectivity index is 1.53. The number of piperidine rings is 1. The highest BCUT2D eigenvalue weighted by Gasteiger charge is 2.55. The van der Waals surface area contributed by atoms with Crippen molar-refractivity contribution in [3.05, 3.63) is 11.6 Å². The van der Waals surface area contributed by atoms with Crippen LogP contribution in [-0.2, 0) is 9.59 Å². The highest BCUT2D eigenvalue weighted by atomic mass is 16.2. The molecule has 2 aliphatic carbocycles. The second kappa shape index (κ2) is 9.66. The average molecular weight is 444 g/mol. The molecule has 0 aromatic heterocycles. The van der Waals surface area contributed by atoms with Crippen LogP contribution in [0.2, 0.25) is 0 Å². The van der Waals surface area contributed by atoms with E-state index in [9.17, 15) is 14.4 Å². The monoisotopic (exact) mass is 443 g/mol. The Morgan fingerprint density at radius 2 is 1.72 bits per heavy atom. The largest absolute Gasteiger partial charge is 0.328 e. The molecule has 4 aliphatic rings. The van der Waals surface area contributed by atoms with E-state index in [0.29, 0.717) is 6.54 Å². The van der Waals surface area contributed by atoms with Crippen LogP contribution in [0.1, 0.15) is 90.4 Å². The lowest BCUT2D eigenvalue weighted by Gasteiger charge is -2.44. The number of ketones is 1. The van der Waals surface area contributed by atoms with E-state index in [2.05, 4.69) is 11.4 Å². The van der Waals surface area contributed by atoms with Crippen LogP contribution in [0.4, 0.5) is 4.79 Å². The molecular weight excluding hydrogens is 402 g/mol. The Morgan fingerprint density at radius 3 is 2.38 bits per heavy atom. The lowest BCUT2D eigenvalue weighted by atomic mass is 9.63. The summed E-state index contributed by atoms with van der Waals surface area (Å²) >= 11 is 0. The molecule has 0 bridgehead atoms. The Bertz CT molecular complexity index is 766. The maximum absolute atomic E-state index is 13.7. The zero-order valence-electron chi connectivity index (χ0n) is 20.1. The van der Waals surface area contributed by atoms with Gasteiger partial charge in [-0.2, -0.15) is 0 Å². The van der Waals surface area contributed by atoms with E-state index in [0.717, 1.165) is 57.1 Å². The van der Waals surface area contributed by atoms with E-state index in [1.165, 1.54) is 43.4 Å². The molecule has 1 spiro atoms. The number of allylic oxidation sites excluding steroid dienone is 1. The van der Waals surface area contributed by atoms with Gasteiger partial charge in [0.25, 0.3) is 5.91 Å². The van der Waals surface area contributed by atoms with Gasteiger partial charge in [-0.1, -0.05) is 44.6 Å². The smallest absolute Gasteiger partial charge is 0.316 e. The molecule has 4 rings (SSSR count). The molecule has 6 heteroatoms. The molecule has 1 N–H and O–H groups in total. The summed E-state index contributed by atoms with van der Waals surface area (Å²) < 4.78 is 0. The number of nitrogens with zero attached hydrogens (tertiary/aromatic N) is 2. The van der Waals surface area contributed by atoms with Gasteiger partial charge in [-0.15, -0.1) is 0 Å². The number of carbonyl (C=O) groups is 3. The fourth-order valence-electron chi connectivity index (χ4n) is 6.72. The summed E-state index contributed by atoms with van der Waals surface area (Å²) in [4.78, 5) is 43.2. The summed E-state index contributed by atoms with van der Waals surface area (Å²) in [5, 5.41) is 3.43. The summed E-state index contributed by atoms with van der Waals surface area (Å²) in [6, 6.07) is -0.329. The molecule has 2 aliphatic heterocycles. The molecule has 32 heavy (non-hydrogen) atoms. The number of nitrogens with one attached hydrogen (secondary N) is 1. The first-order chi connectivity index (χ1) is 15.4. The number of hydrogen-bond acceptors (Lipinski definition) is 4. The molecule has 0 radical (unpaired) electrons. The summed E-state index contributed by atoms with van der Waals surface area (Å²) in [6.45, 7) is 3.41. The van der Waals surface area contributed by atoms with Crippen molar-refractivity contribution in [2.24, 2.45) is 11.3 Å². The van der Waals surface area contributed by atoms with Gasteiger partial charge >= 0.3 is 6.03 Å². The Labute approximate surface area is 193 Å². The van der Waals surface area contributed by atoms with Crippen LogP contribution in [0.5, 0.6) is 0 Å². The summed E-state index contributed by atoms with van der Waals surface area (Å²) in [5.41, 5.74) is 0.115. The van der Waals surface area contributed by atoms with Gasteiger partial charge in [-0.25, -0.2) is 4.79 Å². The maximum atomic E-state index is 13.7. The minimum absolute atomic E-state index is 0.0274. The van der Waals surface area contributed by atoms with Crippen molar-refractivity contribution in [2.75, 3.05) is 26.7 Å². The van der Waals surface area contributed by atoms with Crippen LogP contribution in [0, 0.1) is 11.3 Å². The first-order valence-corrected chi connectivity index (χ1v) is 12.9. The van der Waals surface area contributed by atoms with Crippen molar-refractivity contribution < 1.29 is 14.4 Å². The van der Waals surface area contributed by atoms with Crippen molar-refractivity contribution in [3.63, 3.8) is 0 Å². The first kappa shape index (κ1) is 23.5. The predicted molar refractivity (Wildman–Crippen MR) is 125 cm³/mol. The molecule has 1 saturated carbocycles. The zero-order valence-corrected chi connectivity index (χ0v) is 20.1. The number of hydrogen-bond donors (Lipinski definition) is 1. The number of likely N-dealkylation sites (N-methyl/N-ethyl adjacent to an activating group) is 1. The molecule has 0 aromatic carbocycles. The summed E-state index contributed by atoms with van der Waals surface area (Å²) in [5.74, 6) is -0.270. The molecule has 3 amide bonds. The van der Waals surface area contributed by atoms with Crippen molar-refractivity contribution in [2.45, 2.75) is 95.9 Å². The molecule has 2 saturated heterocycles. The number of carbonyl (C=O) groups excluding carboxylic acids is 3. The Kier molecular flexibility index (Phi) is 7.09. The van der Waals surface area contributed by atoms with Crippen molar-refractivity contribution in [1.82, 2.24) is 15.1 Å². The van der Waals surface area contributed by atoms with Crippen LogP contribution >= 0.6 is 0 Å². The predicted octanol–water partition coefficient (Wildman–Crippen LogP) is 4.44. The number of imide groups is 1.